The van der Waals surface area contributed by atoms with Gasteiger partial charge in [-0.05, 0) is 44.4 Å². The number of hydrogen-bond acceptors (Lipinski definition) is 4. The number of piperidine rings is 1. The van der Waals surface area contributed by atoms with E-state index < -0.39 is 0 Å². The maximum atomic E-state index is 9.62. The minimum atomic E-state index is 0.656. The molecule has 0 amide bonds. The minimum Gasteiger partial charge on any atom is -0.356 e. The summed E-state index contributed by atoms with van der Waals surface area (Å²) in [6.07, 6.45) is 9.35. The van der Waals surface area contributed by atoms with Crippen molar-refractivity contribution in [2.24, 2.45) is 0 Å². The lowest BCUT2D eigenvalue weighted by Crippen LogP contribution is -2.31. The molecule has 0 bridgehead atoms. The molecule has 1 saturated heterocycles. The second kappa shape index (κ2) is 5.97. The molecule has 5 heteroatoms. The van der Waals surface area contributed by atoms with Gasteiger partial charge in [0.25, 0.3) is 0 Å². The van der Waals surface area contributed by atoms with Crippen molar-refractivity contribution < 1.29 is 0 Å². The van der Waals surface area contributed by atoms with Crippen molar-refractivity contribution in [2.75, 3.05) is 18.0 Å². The average molecular weight is 317 g/mol. The van der Waals surface area contributed by atoms with Gasteiger partial charge in [0.05, 0.1) is 5.56 Å². The van der Waals surface area contributed by atoms with Crippen LogP contribution in [0, 0.1) is 18.3 Å². The maximum Gasteiger partial charge on any atom is 0.146 e. The van der Waals surface area contributed by atoms with Crippen molar-refractivity contribution in [3.63, 3.8) is 0 Å². The van der Waals surface area contributed by atoms with E-state index in [4.69, 9.17) is 4.98 Å². The number of aromatic nitrogens is 3. The van der Waals surface area contributed by atoms with Crippen LogP contribution in [0.1, 0.15) is 30.5 Å². The lowest BCUT2D eigenvalue weighted by molar-refractivity contribution is 0.572. The van der Waals surface area contributed by atoms with E-state index in [-0.39, 0.29) is 0 Å². The van der Waals surface area contributed by atoms with E-state index >= 15 is 0 Å². The standard InChI is InChI=1S/C19H19N5/c1-14-17(15-5-6-18-21-7-10-24(18)13-15)11-16(12-20)19(22-14)23-8-3-2-4-9-23/h5-7,10-11,13H,2-4,8-9H2,1H3. The average Bonchev–Trinajstić information content (AvgIpc) is 3.10. The van der Waals surface area contributed by atoms with Gasteiger partial charge in [-0.1, -0.05) is 0 Å². The van der Waals surface area contributed by atoms with Gasteiger partial charge in [0.1, 0.15) is 17.5 Å². The SMILES string of the molecule is Cc1nc(N2CCCCC2)c(C#N)cc1-c1ccc2nccn2c1. The molecule has 5 nitrogen and oxygen atoms in total. The number of pyridine rings is 2. The topological polar surface area (TPSA) is 57.2 Å². The predicted molar refractivity (Wildman–Crippen MR) is 93.9 cm³/mol. The second-order valence-corrected chi connectivity index (χ2v) is 6.26. The van der Waals surface area contributed by atoms with Crippen molar-refractivity contribution in [1.29, 1.82) is 5.26 Å². The van der Waals surface area contributed by atoms with Gasteiger partial charge in [0, 0.05) is 48.5 Å². The zero-order valence-corrected chi connectivity index (χ0v) is 13.7. The third-order valence-corrected chi connectivity index (χ3v) is 4.67. The fourth-order valence-corrected chi connectivity index (χ4v) is 3.39. The molecule has 0 N–H and O–H groups in total. The normalized spacial score (nSPS) is 14.8. The van der Waals surface area contributed by atoms with E-state index in [1.807, 2.05) is 41.9 Å². The Morgan fingerprint density at radius 2 is 2.00 bits per heavy atom. The van der Waals surface area contributed by atoms with Crippen LogP contribution in [-0.2, 0) is 0 Å². The Morgan fingerprint density at radius 3 is 2.79 bits per heavy atom. The Morgan fingerprint density at radius 1 is 1.17 bits per heavy atom. The van der Waals surface area contributed by atoms with Crippen LogP contribution >= 0.6 is 0 Å². The van der Waals surface area contributed by atoms with E-state index in [0.717, 1.165) is 41.4 Å². The van der Waals surface area contributed by atoms with Gasteiger partial charge in [-0.2, -0.15) is 5.26 Å². The lowest BCUT2D eigenvalue weighted by atomic mass is 10.0. The summed E-state index contributed by atoms with van der Waals surface area (Å²) in [5, 5.41) is 9.62. The highest BCUT2D eigenvalue weighted by atomic mass is 15.2. The smallest absolute Gasteiger partial charge is 0.146 e. The monoisotopic (exact) mass is 317 g/mol. The summed E-state index contributed by atoms with van der Waals surface area (Å²) in [5.74, 6) is 0.835. The molecule has 0 atom stereocenters. The van der Waals surface area contributed by atoms with Gasteiger partial charge in [-0.15, -0.1) is 0 Å². The Hall–Kier alpha value is -2.87. The highest BCUT2D eigenvalue weighted by Crippen LogP contribution is 2.29. The van der Waals surface area contributed by atoms with E-state index in [0.29, 0.717) is 5.56 Å². The highest BCUT2D eigenvalue weighted by molar-refractivity contribution is 5.71. The molecule has 0 unspecified atom stereocenters. The number of rotatable bonds is 2. The van der Waals surface area contributed by atoms with Gasteiger partial charge >= 0.3 is 0 Å². The van der Waals surface area contributed by atoms with Crippen LogP contribution in [0.3, 0.4) is 0 Å². The molecule has 4 heterocycles. The quantitative estimate of drug-likeness (QED) is 0.725. The molecule has 0 aromatic carbocycles. The third-order valence-electron chi connectivity index (χ3n) is 4.67. The van der Waals surface area contributed by atoms with Gasteiger partial charge in [0.15, 0.2) is 0 Å². The zero-order chi connectivity index (χ0) is 16.5. The first-order chi connectivity index (χ1) is 11.8. The van der Waals surface area contributed by atoms with Crippen LogP contribution in [-0.4, -0.2) is 27.5 Å². The summed E-state index contributed by atoms with van der Waals surface area (Å²) >= 11 is 0. The first kappa shape index (κ1) is 14.7. The molecule has 0 spiro atoms. The molecule has 0 aliphatic carbocycles. The molecule has 3 aromatic heterocycles. The maximum absolute atomic E-state index is 9.62. The van der Waals surface area contributed by atoms with E-state index in [1.54, 1.807) is 6.20 Å². The molecule has 0 radical (unpaired) electrons. The van der Waals surface area contributed by atoms with E-state index in [1.165, 1.54) is 19.3 Å². The molecule has 1 aliphatic heterocycles. The number of fused-ring (bicyclic) bond motifs is 1. The molecular formula is C19H19N5. The fraction of sp³-hybridized carbons (Fsp3) is 0.316. The number of nitrogens with zero attached hydrogens (tertiary/aromatic N) is 5. The van der Waals surface area contributed by atoms with Crippen LogP contribution in [0.4, 0.5) is 5.82 Å². The molecule has 4 rings (SSSR count). The first-order valence-corrected chi connectivity index (χ1v) is 8.36. The van der Waals surface area contributed by atoms with Crippen molar-refractivity contribution in [2.45, 2.75) is 26.2 Å². The largest absolute Gasteiger partial charge is 0.356 e. The predicted octanol–water partition coefficient (Wildman–Crippen LogP) is 3.57. The summed E-state index contributed by atoms with van der Waals surface area (Å²) in [7, 11) is 0. The summed E-state index contributed by atoms with van der Waals surface area (Å²) in [5.41, 5.74) is 4.57. The Kier molecular flexibility index (Phi) is 3.66. The number of nitriles is 1. The van der Waals surface area contributed by atoms with Gasteiger partial charge in [-0.25, -0.2) is 9.97 Å². The summed E-state index contributed by atoms with van der Waals surface area (Å²) in [6.45, 7) is 3.99. The molecule has 3 aromatic rings. The first-order valence-electron chi connectivity index (χ1n) is 8.36. The van der Waals surface area contributed by atoms with Crippen LogP contribution in [0.25, 0.3) is 16.8 Å². The third kappa shape index (κ3) is 2.50. The van der Waals surface area contributed by atoms with Crippen LogP contribution < -0.4 is 4.90 Å². The van der Waals surface area contributed by atoms with Crippen LogP contribution in [0.5, 0.6) is 0 Å². The lowest BCUT2D eigenvalue weighted by Gasteiger charge is -2.29. The van der Waals surface area contributed by atoms with E-state index in [9.17, 15) is 5.26 Å². The Labute approximate surface area is 141 Å². The van der Waals surface area contributed by atoms with Gasteiger partial charge in [-0.3, -0.25) is 0 Å². The van der Waals surface area contributed by atoms with E-state index in [2.05, 4.69) is 16.0 Å². The summed E-state index contributed by atoms with van der Waals surface area (Å²) < 4.78 is 1.99. The molecular weight excluding hydrogens is 298 g/mol. The molecule has 0 saturated carbocycles. The van der Waals surface area contributed by atoms with Gasteiger partial charge in [0.2, 0.25) is 0 Å². The minimum absolute atomic E-state index is 0.656. The Balaban J connectivity index is 1.80. The second-order valence-electron chi connectivity index (χ2n) is 6.26. The van der Waals surface area contributed by atoms with Crippen LogP contribution in [0.2, 0.25) is 0 Å². The number of hydrogen-bond donors (Lipinski definition) is 0. The van der Waals surface area contributed by atoms with Crippen molar-refractivity contribution in [1.82, 2.24) is 14.4 Å². The van der Waals surface area contributed by atoms with Gasteiger partial charge < -0.3 is 9.30 Å². The van der Waals surface area contributed by atoms with Crippen molar-refractivity contribution >= 4 is 11.5 Å². The Bertz CT molecular complexity index is 929. The zero-order valence-electron chi connectivity index (χ0n) is 13.7. The molecule has 1 aliphatic rings. The highest BCUT2D eigenvalue weighted by Gasteiger charge is 2.18. The van der Waals surface area contributed by atoms with Crippen LogP contribution in [0.15, 0.2) is 36.8 Å². The molecule has 1 fully saturated rings. The summed E-state index contributed by atoms with van der Waals surface area (Å²) in [4.78, 5) is 11.3. The number of aryl methyl sites for hydroxylation is 1. The molecule has 24 heavy (non-hydrogen) atoms. The van der Waals surface area contributed by atoms with Crippen molar-refractivity contribution in [3.8, 4) is 17.2 Å². The number of anilines is 1. The molecule has 120 valence electrons. The fourth-order valence-electron chi connectivity index (χ4n) is 3.39. The van der Waals surface area contributed by atoms with Crippen molar-refractivity contribution in [3.05, 3.63) is 48.0 Å². The summed E-state index contributed by atoms with van der Waals surface area (Å²) in [6, 6.07) is 8.34. The number of imidazole rings is 1.